The Balaban J connectivity index is 1.94. The summed E-state index contributed by atoms with van der Waals surface area (Å²) < 4.78 is 0. The Bertz CT molecular complexity index is 1580. The van der Waals surface area contributed by atoms with Crippen LogP contribution in [-0.4, -0.2) is 24.3 Å². The highest BCUT2D eigenvalue weighted by Crippen LogP contribution is 2.41. The zero-order chi connectivity index (χ0) is 27.5. The van der Waals surface area contributed by atoms with Crippen LogP contribution >= 0.6 is 0 Å². The largest absolute Gasteiger partial charge is 0.240 e. The van der Waals surface area contributed by atoms with Crippen molar-refractivity contribution < 1.29 is 19.2 Å². The second-order valence-corrected chi connectivity index (χ2v) is 8.41. The highest BCUT2D eigenvalue weighted by molar-refractivity contribution is 5.59. The van der Waals surface area contributed by atoms with Crippen LogP contribution < -0.4 is 0 Å². The van der Waals surface area contributed by atoms with Gasteiger partial charge >= 0.3 is 0 Å². The van der Waals surface area contributed by atoms with E-state index in [-0.39, 0.29) is 0 Å². The van der Waals surface area contributed by atoms with Gasteiger partial charge < -0.3 is 0 Å². The minimum Gasteiger partial charge on any atom is -0.211 e. The van der Waals surface area contributed by atoms with Crippen molar-refractivity contribution in [2.45, 2.75) is 18.5 Å². The number of rotatable bonds is 10. The number of isocyanates is 4. The highest BCUT2D eigenvalue weighted by atomic mass is 16.1. The van der Waals surface area contributed by atoms with Crippen molar-refractivity contribution in [3.63, 3.8) is 0 Å². The lowest BCUT2D eigenvalue weighted by atomic mass is 9.83. The molecule has 8 nitrogen and oxygen atoms in total. The number of para-hydroxylation sites is 2. The normalized spacial score (nSPS) is 11.5. The van der Waals surface area contributed by atoms with Gasteiger partial charge in [0.1, 0.15) is 0 Å². The highest BCUT2D eigenvalue weighted by Gasteiger charge is 2.38. The Labute approximate surface area is 223 Å². The number of hydrogen-bond acceptors (Lipinski definition) is 8. The van der Waals surface area contributed by atoms with Crippen LogP contribution in [0.15, 0.2) is 117 Å². The fourth-order valence-corrected chi connectivity index (χ4v) is 4.62. The molecule has 0 fully saturated rings. The predicted molar refractivity (Wildman–Crippen MR) is 144 cm³/mol. The number of benzene rings is 4. The summed E-state index contributed by atoms with van der Waals surface area (Å²) in [5.41, 5.74) is 2.80. The summed E-state index contributed by atoms with van der Waals surface area (Å²) in [4.78, 5) is 61.5. The van der Waals surface area contributed by atoms with E-state index in [1.54, 1.807) is 72.9 Å². The van der Waals surface area contributed by atoms with Crippen LogP contribution in [0.3, 0.4) is 0 Å². The third-order valence-corrected chi connectivity index (χ3v) is 6.28. The van der Waals surface area contributed by atoms with Crippen molar-refractivity contribution >= 4 is 35.7 Å². The van der Waals surface area contributed by atoms with E-state index in [1.165, 1.54) is 0 Å². The maximum Gasteiger partial charge on any atom is 0.240 e. The molecule has 0 bridgehead atoms. The van der Waals surface area contributed by atoms with E-state index in [9.17, 15) is 19.2 Å². The molecule has 8 heteroatoms. The molecule has 4 aromatic rings. The fourth-order valence-electron chi connectivity index (χ4n) is 4.62. The molecule has 0 amide bonds. The second kappa shape index (κ2) is 12.6. The molecule has 39 heavy (non-hydrogen) atoms. The molecule has 0 saturated heterocycles. The Morgan fingerprint density at radius 1 is 0.462 bits per heavy atom. The molecule has 0 aliphatic rings. The summed E-state index contributed by atoms with van der Waals surface area (Å²) >= 11 is 0. The third-order valence-electron chi connectivity index (χ3n) is 6.28. The molecule has 0 aromatic heterocycles. The van der Waals surface area contributed by atoms with Crippen molar-refractivity contribution in [3.8, 4) is 0 Å². The molecule has 0 unspecified atom stereocenters. The van der Waals surface area contributed by atoms with Crippen LogP contribution in [0.1, 0.15) is 33.4 Å². The summed E-state index contributed by atoms with van der Waals surface area (Å²) in [6, 6.07) is 28.4. The first-order chi connectivity index (χ1) is 19.2. The van der Waals surface area contributed by atoms with E-state index in [2.05, 4.69) is 20.0 Å². The van der Waals surface area contributed by atoms with Gasteiger partial charge in [0.15, 0.2) is 0 Å². The van der Waals surface area contributed by atoms with Crippen molar-refractivity contribution in [2.75, 3.05) is 0 Å². The average molecular weight is 513 g/mol. The fraction of sp³-hybridized carbons (Fsp3) is 0.0968. The SMILES string of the molecule is O=C=Nc1ccccc1Cc1ccccc1C(N=C=O)(N=C=O)c1ccccc1Cc1ccccc1N=C=O. The number of nitrogens with zero attached hydrogens (tertiary/aromatic N) is 4. The molecule has 0 aliphatic carbocycles. The van der Waals surface area contributed by atoms with Gasteiger partial charge in [0.05, 0.1) is 11.4 Å². The smallest absolute Gasteiger partial charge is 0.211 e. The quantitative estimate of drug-likeness (QED) is 0.201. The molecule has 4 aromatic carbocycles. The molecule has 0 spiro atoms. The van der Waals surface area contributed by atoms with E-state index in [0.717, 1.165) is 11.1 Å². The van der Waals surface area contributed by atoms with Crippen LogP contribution in [0, 0.1) is 0 Å². The summed E-state index contributed by atoms with van der Waals surface area (Å²) in [6.07, 6.45) is 6.92. The van der Waals surface area contributed by atoms with Crippen molar-refractivity contribution in [1.29, 1.82) is 0 Å². The Kier molecular flexibility index (Phi) is 8.53. The van der Waals surface area contributed by atoms with E-state index >= 15 is 0 Å². The Hall–Kier alpha value is -5.60. The van der Waals surface area contributed by atoms with Gasteiger partial charge in [0, 0.05) is 24.0 Å². The lowest BCUT2D eigenvalue weighted by Crippen LogP contribution is -2.26. The first kappa shape index (κ1) is 26.5. The van der Waals surface area contributed by atoms with E-state index in [0.29, 0.717) is 46.5 Å². The molecule has 0 atom stereocenters. The van der Waals surface area contributed by atoms with Crippen LogP contribution in [0.25, 0.3) is 0 Å². The third kappa shape index (κ3) is 5.71. The first-order valence-electron chi connectivity index (χ1n) is 11.8. The summed E-state index contributed by atoms with van der Waals surface area (Å²) in [7, 11) is 0. The van der Waals surface area contributed by atoms with E-state index in [4.69, 9.17) is 0 Å². The minimum absolute atomic E-state index is 0.293. The molecule has 0 saturated carbocycles. The van der Waals surface area contributed by atoms with Gasteiger partial charge in [-0.15, -0.1) is 0 Å². The molecule has 0 radical (unpaired) electrons. The van der Waals surface area contributed by atoms with Crippen molar-refractivity contribution in [3.05, 3.63) is 130 Å². The van der Waals surface area contributed by atoms with Crippen molar-refractivity contribution in [2.24, 2.45) is 20.0 Å². The minimum atomic E-state index is -1.80. The monoisotopic (exact) mass is 512 g/mol. The van der Waals surface area contributed by atoms with Crippen LogP contribution in [-0.2, 0) is 37.7 Å². The molecule has 0 N–H and O–H groups in total. The Morgan fingerprint density at radius 3 is 1.21 bits per heavy atom. The number of carbonyl (C=O) groups excluding carboxylic acids is 4. The molecule has 188 valence electrons. The van der Waals surface area contributed by atoms with Gasteiger partial charge in [-0.05, 0) is 34.4 Å². The van der Waals surface area contributed by atoms with Gasteiger partial charge in [-0.1, -0.05) is 84.9 Å². The summed E-state index contributed by atoms with van der Waals surface area (Å²) in [5, 5.41) is 0. The first-order valence-corrected chi connectivity index (χ1v) is 11.8. The molecule has 0 aliphatic heterocycles. The standard InChI is InChI=1S/C31H20N4O4/c36-19-32-29-15-7-3-11-25(29)17-23-9-1-5-13-27(23)31(34-21-38,35-22-39)28-14-6-2-10-24(28)18-26-12-4-8-16-30(26)33-20-37/h1-16H,17-18H2. The van der Waals surface area contributed by atoms with Crippen LogP contribution in [0.4, 0.5) is 11.4 Å². The Morgan fingerprint density at radius 2 is 0.821 bits per heavy atom. The average Bonchev–Trinajstić information content (AvgIpc) is 2.96. The van der Waals surface area contributed by atoms with Gasteiger partial charge in [0.2, 0.25) is 30.0 Å². The van der Waals surface area contributed by atoms with Gasteiger partial charge in [-0.2, -0.15) is 20.0 Å². The maximum absolute atomic E-state index is 11.9. The number of aliphatic imine (C=N–C) groups is 4. The zero-order valence-electron chi connectivity index (χ0n) is 20.6. The molecular weight excluding hydrogens is 492 g/mol. The number of hydrogen-bond donors (Lipinski definition) is 0. The van der Waals surface area contributed by atoms with Gasteiger partial charge in [-0.3, -0.25) is 0 Å². The van der Waals surface area contributed by atoms with Crippen LogP contribution in [0.2, 0.25) is 0 Å². The lowest BCUT2D eigenvalue weighted by Gasteiger charge is -2.28. The topological polar surface area (TPSA) is 118 Å². The van der Waals surface area contributed by atoms with Crippen LogP contribution in [0.5, 0.6) is 0 Å². The lowest BCUT2D eigenvalue weighted by molar-refractivity contribution is 0.512. The summed E-state index contributed by atoms with van der Waals surface area (Å²) in [5.74, 6) is 0. The zero-order valence-corrected chi connectivity index (χ0v) is 20.6. The van der Waals surface area contributed by atoms with Crippen molar-refractivity contribution in [1.82, 2.24) is 0 Å². The molecular formula is C31H20N4O4. The molecule has 0 heterocycles. The molecule has 4 rings (SSSR count). The second-order valence-electron chi connectivity index (χ2n) is 8.41. The van der Waals surface area contributed by atoms with E-state index < -0.39 is 5.66 Å². The summed E-state index contributed by atoms with van der Waals surface area (Å²) in [6.45, 7) is 0. The van der Waals surface area contributed by atoms with E-state index in [1.807, 2.05) is 48.5 Å². The van der Waals surface area contributed by atoms with Gasteiger partial charge in [0.25, 0.3) is 0 Å². The van der Waals surface area contributed by atoms with Gasteiger partial charge in [-0.25, -0.2) is 19.2 Å². The maximum atomic E-state index is 11.9. The predicted octanol–water partition coefficient (Wildman–Crippen LogP) is 5.68.